The summed E-state index contributed by atoms with van der Waals surface area (Å²) >= 11 is 1.42. The van der Waals surface area contributed by atoms with Crippen LogP contribution in [0.3, 0.4) is 0 Å². The fraction of sp³-hybridized carbons (Fsp3) is 0.571. The summed E-state index contributed by atoms with van der Waals surface area (Å²) in [7, 11) is 0. The number of amides is 1. The number of rotatable bonds is 3. The fourth-order valence-corrected chi connectivity index (χ4v) is 4.12. The zero-order valence-electron chi connectivity index (χ0n) is 11.1. The van der Waals surface area contributed by atoms with Gasteiger partial charge in [-0.25, -0.2) is 4.79 Å². The van der Waals surface area contributed by atoms with Gasteiger partial charge in [0.05, 0.1) is 18.1 Å². The molecule has 0 saturated carbocycles. The average molecular weight is 295 g/mol. The van der Waals surface area contributed by atoms with Crippen LogP contribution in [0.1, 0.15) is 40.1 Å². The van der Waals surface area contributed by atoms with Crippen molar-refractivity contribution in [2.24, 2.45) is 5.92 Å². The molecule has 1 unspecified atom stereocenters. The third kappa shape index (κ3) is 2.45. The second-order valence-corrected chi connectivity index (χ2v) is 6.38. The molecule has 0 bridgehead atoms. The lowest BCUT2D eigenvalue weighted by atomic mass is 9.95. The van der Waals surface area contributed by atoms with Gasteiger partial charge in [-0.15, -0.1) is 11.3 Å². The number of aryl methyl sites for hydroxylation is 1. The molecule has 0 spiro atoms. The molecule has 6 heteroatoms. The van der Waals surface area contributed by atoms with Crippen LogP contribution in [0.25, 0.3) is 0 Å². The third-order valence-electron chi connectivity index (χ3n) is 3.92. The zero-order valence-corrected chi connectivity index (χ0v) is 11.9. The van der Waals surface area contributed by atoms with Gasteiger partial charge in [-0.2, -0.15) is 0 Å². The summed E-state index contributed by atoms with van der Waals surface area (Å²) in [6, 6.07) is 0. The molecule has 20 heavy (non-hydrogen) atoms. The first-order valence-corrected chi connectivity index (χ1v) is 7.75. The first-order valence-electron chi connectivity index (χ1n) is 6.93. The Labute approximate surface area is 120 Å². The summed E-state index contributed by atoms with van der Waals surface area (Å²) < 4.78 is 5.20. The molecule has 2 aliphatic rings. The predicted molar refractivity (Wildman–Crippen MR) is 75.5 cm³/mol. The highest BCUT2D eigenvalue weighted by Gasteiger charge is 2.29. The van der Waals surface area contributed by atoms with E-state index in [4.69, 9.17) is 4.74 Å². The van der Waals surface area contributed by atoms with Crippen molar-refractivity contribution >= 4 is 28.2 Å². The topological polar surface area (TPSA) is 75.6 Å². The molecule has 0 aromatic carbocycles. The van der Waals surface area contributed by atoms with Gasteiger partial charge in [-0.1, -0.05) is 0 Å². The van der Waals surface area contributed by atoms with E-state index in [0.717, 1.165) is 36.1 Å². The zero-order chi connectivity index (χ0) is 14.1. The molecule has 2 N–H and O–H groups in total. The molecule has 1 aliphatic carbocycles. The van der Waals surface area contributed by atoms with E-state index in [1.807, 2.05) is 0 Å². The molecule has 3 rings (SSSR count). The van der Waals surface area contributed by atoms with E-state index < -0.39 is 5.97 Å². The third-order valence-corrected chi connectivity index (χ3v) is 5.13. The van der Waals surface area contributed by atoms with Crippen molar-refractivity contribution in [3.63, 3.8) is 0 Å². The van der Waals surface area contributed by atoms with Crippen molar-refractivity contribution in [2.45, 2.75) is 32.1 Å². The monoisotopic (exact) mass is 295 g/mol. The number of carboxylic acids is 1. The van der Waals surface area contributed by atoms with E-state index in [-0.39, 0.29) is 11.8 Å². The first-order chi connectivity index (χ1) is 9.66. The Hall–Kier alpha value is -1.40. The van der Waals surface area contributed by atoms with Crippen molar-refractivity contribution in [3.8, 4) is 0 Å². The summed E-state index contributed by atoms with van der Waals surface area (Å²) in [5, 5.41) is 12.7. The molecule has 1 amide bonds. The normalized spacial score (nSPS) is 21.5. The van der Waals surface area contributed by atoms with Crippen molar-refractivity contribution in [1.29, 1.82) is 0 Å². The molecule has 1 aromatic rings. The number of hydrogen-bond donors (Lipinski definition) is 2. The Morgan fingerprint density at radius 2 is 2.10 bits per heavy atom. The highest BCUT2D eigenvalue weighted by molar-refractivity contribution is 7.17. The van der Waals surface area contributed by atoms with E-state index in [1.165, 1.54) is 11.3 Å². The van der Waals surface area contributed by atoms with E-state index >= 15 is 0 Å². The predicted octanol–water partition coefficient (Wildman–Crippen LogP) is 2.30. The van der Waals surface area contributed by atoms with Crippen LogP contribution in [0, 0.1) is 5.92 Å². The maximum absolute atomic E-state index is 12.1. The largest absolute Gasteiger partial charge is 0.478 e. The van der Waals surface area contributed by atoms with Crippen LogP contribution in [0.4, 0.5) is 5.00 Å². The number of nitrogens with one attached hydrogen (secondary N) is 1. The Morgan fingerprint density at radius 1 is 1.30 bits per heavy atom. The highest BCUT2D eigenvalue weighted by atomic mass is 32.1. The number of hydrogen-bond acceptors (Lipinski definition) is 4. The van der Waals surface area contributed by atoms with Crippen LogP contribution in [0.15, 0.2) is 0 Å². The lowest BCUT2D eigenvalue weighted by Gasteiger charge is -2.11. The van der Waals surface area contributed by atoms with Gasteiger partial charge < -0.3 is 15.2 Å². The number of fused-ring (bicyclic) bond motifs is 1. The Kier molecular flexibility index (Phi) is 3.76. The summed E-state index contributed by atoms with van der Waals surface area (Å²) in [6.45, 7) is 1.03. The van der Waals surface area contributed by atoms with E-state index in [9.17, 15) is 14.7 Å². The number of anilines is 1. The van der Waals surface area contributed by atoms with Crippen LogP contribution < -0.4 is 5.32 Å². The summed E-state index contributed by atoms with van der Waals surface area (Å²) in [5.74, 6) is -1.22. The van der Waals surface area contributed by atoms with Crippen LogP contribution in [0.5, 0.6) is 0 Å². The maximum atomic E-state index is 12.1. The summed E-state index contributed by atoms with van der Waals surface area (Å²) in [5.41, 5.74) is 1.23. The second kappa shape index (κ2) is 5.54. The molecule has 108 valence electrons. The molecule has 1 saturated heterocycles. The number of thiophene rings is 1. The number of ether oxygens (including phenoxy) is 1. The minimum absolute atomic E-state index is 0.122. The number of carboxylic acid groups (broad SMARTS) is 1. The minimum Gasteiger partial charge on any atom is -0.478 e. The molecule has 5 nitrogen and oxygen atoms in total. The van der Waals surface area contributed by atoms with Gasteiger partial charge in [0.1, 0.15) is 5.00 Å². The summed E-state index contributed by atoms with van der Waals surface area (Å²) in [6.07, 6.45) is 4.54. The number of carbonyl (C=O) groups is 2. The van der Waals surface area contributed by atoms with Crippen LogP contribution in [-0.2, 0) is 22.4 Å². The van der Waals surface area contributed by atoms with Gasteiger partial charge in [-0.05, 0) is 37.7 Å². The van der Waals surface area contributed by atoms with Crippen molar-refractivity contribution in [2.75, 3.05) is 18.5 Å². The van der Waals surface area contributed by atoms with Crippen molar-refractivity contribution in [1.82, 2.24) is 0 Å². The molecular formula is C14H17NO4S. The van der Waals surface area contributed by atoms with Crippen molar-refractivity contribution < 1.29 is 19.4 Å². The van der Waals surface area contributed by atoms with Crippen LogP contribution in [0.2, 0.25) is 0 Å². The van der Waals surface area contributed by atoms with E-state index in [1.54, 1.807) is 0 Å². The molecule has 1 fully saturated rings. The number of aromatic carboxylic acids is 1. The molecule has 1 atom stereocenters. The quantitative estimate of drug-likeness (QED) is 0.897. The van der Waals surface area contributed by atoms with E-state index in [0.29, 0.717) is 30.2 Å². The Bertz CT molecular complexity index is 546. The minimum atomic E-state index is -0.942. The molecular weight excluding hydrogens is 278 g/mol. The Morgan fingerprint density at radius 3 is 2.80 bits per heavy atom. The van der Waals surface area contributed by atoms with Crippen LogP contribution in [-0.4, -0.2) is 30.2 Å². The van der Waals surface area contributed by atoms with E-state index in [2.05, 4.69) is 5.32 Å². The smallest absolute Gasteiger partial charge is 0.339 e. The lowest BCUT2D eigenvalue weighted by molar-refractivity contribution is -0.119. The second-order valence-electron chi connectivity index (χ2n) is 5.27. The van der Waals surface area contributed by atoms with Gasteiger partial charge in [0, 0.05) is 11.5 Å². The fourth-order valence-electron chi connectivity index (χ4n) is 2.84. The number of carbonyl (C=O) groups excluding carboxylic acids is 1. The molecule has 1 aliphatic heterocycles. The molecule has 1 aromatic heterocycles. The van der Waals surface area contributed by atoms with Gasteiger partial charge in [-0.3, -0.25) is 4.79 Å². The SMILES string of the molecule is O=C(O)c1c(NC(=O)C2CCOC2)sc2c1CCCC2. The van der Waals surface area contributed by atoms with Gasteiger partial charge >= 0.3 is 5.97 Å². The summed E-state index contributed by atoms with van der Waals surface area (Å²) in [4.78, 5) is 24.7. The van der Waals surface area contributed by atoms with Crippen LogP contribution >= 0.6 is 11.3 Å². The molecule has 0 radical (unpaired) electrons. The lowest BCUT2D eigenvalue weighted by Crippen LogP contribution is -2.23. The van der Waals surface area contributed by atoms with Gasteiger partial charge in [0.2, 0.25) is 5.91 Å². The maximum Gasteiger partial charge on any atom is 0.339 e. The average Bonchev–Trinajstić information content (AvgIpc) is 3.05. The van der Waals surface area contributed by atoms with Crippen molar-refractivity contribution in [3.05, 3.63) is 16.0 Å². The Balaban J connectivity index is 1.86. The first kappa shape index (κ1) is 13.6. The molecule has 2 heterocycles. The standard InChI is InChI=1S/C14H17NO4S/c16-12(8-5-6-19-7-8)15-13-11(14(17)18)9-3-1-2-4-10(9)20-13/h8H,1-7H2,(H,15,16)(H,17,18). The van der Waals surface area contributed by atoms with Gasteiger partial charge in [0.15, 0.2) is 0 Å². The van der Waals surface area contributed by atoms with Gasteiger partial charge in [0.25, 0.3) is 0 Å². The highest BCUT2D eigenvalue weighted by Crippen LogP contribution is 2.38.